The van der Waals surface area contributed by atoms with Crippen LogP contribution in [0.3, 0.4) is 0 Å². The predicted octanol–water partition coefficient (Wildman–Crippen LogP) is 5.20. The van der Waals surface area contributed by atoms with Crippen LogP contribution in [0.1, 0.15) is 107 Å². The molecule has 1 aliphatic carbocycles. The van der Waals surface area contributed by atoms with Crippen LogP contribution in [-0.4, -0.2) is 63.5 Å². The quantitative estimate of drug-likeness (QED) is 0.0655. The predicted molar refractivity (Wildman–Crippen MR) is 204 cm³/mol. The number of carbonyl (C=O) groups is 2. The van der Waals surface area contributed by atoms with Gasteiger partial charge in [0.25, 0.3) is 0 Å². The van der Waals surface area contributed by atoms with Gasteiger partial charge in [-0.25, -0.2) is 0 Å². The first-order valence-corrected chi connectivity index (χ1v) is 18.3. The number of methoxy groups -OCH3 is 1. The molecule has 0 spiro atoms. The molecule has 4 atom stereocenters. The number of fused-ring (bicyclic) bond motifs is 7. The summed E-state index contributed by atoms with van der Waals surface area (Å²) in [4.78, 5) is 38.5. The van der Waals surface area contributed by atoms with Gasteiger partial charge in [0.05, 0.1) is 19.4 Å². The summed E-state index contributed by atoms with van der Waals surface area (Å²) in [6.45, 7) is 16.7. The highest BCUT2D eigenvalue weighted by atomic mass is 16.6. The van der Waals surface area contributed by atoms with Crippen LogP contribution < -0.4 is 16.0 Å². The van der Waals surface area contributed by atoms with Crippen molar-refractivity contribution >= 4 is 41.6 Å². The molecule has 0 saturated carbocycles. The van der Waals surface area contributed by atoms with Crippen LogP contribution in [0.25, 0.3) is 29.9 Å². The van der Waals surface area contributed by atoms with E-state index in [1.165, 1.54) is 12.7 Å². The van der Waals surface area contributed by atoms with Crippen LogP contribution in [0.15, 0.2) is 29.6 Å². The number of H-pyrrole nitrogens is 3. The molecule has 3 aromatic heterocycles. The largest absolute Gasteiger partial charge is 0.468 e. The molecule has 52 heavy (non-hydrogen) atoms. The summed E-state index contributed by atoms with van der Waals surface area (Å²) in [7, 11) is 1.31. The summed E-state index contributed by atoms with van der Waals surface area (Å²) in [5.41, 5.74) is 11.8. The highest BCUT2D eigenvalue weighted by molar-refractivity contribution is 6.24. The topological polar surface area (TPSA) is 152 Å². The zero-order valence-corrected chi connectivity index (χ0v) is 31.4. The lowest BCUT2D eigenvalue weighted by atomic mass is 9.85. The Balaban J connectivity index is 1.57. The summed E-state index contributed by atoms with van der Waals surface area (Å²) in [5, 5.41) is 26.4. The van der Waals surface area contributed by atoms with Gasteiger partial charge in [0, 0.05) is 74.3 Å². The Morgan fingerprint density at radius 3 is 2.46 bits per heavy atom. The molecule has 1 fully saturated rings. The standard InChI is InChI=1S/C42H52N4O6/c1-9-11-21(3)15-17-52-35(48)13-12-28-24(6)31-18-29-22(4)26(10-2)33(43-29)19-30-23(5)27(14-16-47)34(44-30)20-32-25(7)36-40(46-32)37(39(28)45-31)38(41(36)49)42(50)51-8/h10,15,18-20,24,28,35,38,43-48H,2,9,11-14,16-17H2,1,3-8H3/b21-15+,30-19-,31-18-,34-20-,39-37-/t24-,28-,35?,38+/m0/s1. The number of hydrogen-bond acceptors (Lipinski definition) is 7. The van der Waals surface area contributed by atoms with Crippen LogP contribution >= 0.6 is 0 Å². The average Bonchev–Trinajstić information content (AvgIpc) is 3.85. The van der Waals surface area contributed by atoms with Gasteiger partial charge in [0.15, 0.2) is 12.1 Å². The SMILES string of the molecule is C=Cc1c2[nH]c(c1C)/C=C1\N/C(=C3\c4[nH]c(c(C)c4C(=O)[C@@H]3C(=O)OC)/C=c3\[nH]/c(c(C)c3CCO)=C\2)[C@@H](CCC(O)OC/C=C(\C)CCC)[C@@H]1C. The fourth-order valence-electron chi connectivity index (χ4n) is 8.18. The number of allylic oxidation sites excluding steroid dienone is 3. The van der Waals surface area contributed by atoms with E-state index in [-0.39, 0.29) is 24.2 Å². The number of ketones is 1. The number of hydrogen-bond donors (Lipinski definition) is 6. The molecule has 10 nitrogen and oxygen atoms in total. The van der Waals surface area contributed by atoms with E-state index in [9.17, 15) is 19.8 Å². The van der Waals surface area contributed by atoms with Gasteiger partial charge in [-0.1, -0.05) is 44.6 Å². The third kappa shape index (κ3) is 6.59. The fraction of sp³-hybridized carbons (Fsp3) is 0.429. The lowest BCUT2D eigenvalue weighted by Crippen LogP contribution is -2.25. The molecule has 0 amide bonds. The number of aliphatic hydroxyl groups excluding tert-OH is 2. The second kappa shape index (κ2) is 15.1. The van der Waals surface area contributed by atoms with E-state index < -0.39 is 18.2 Å². The smallest absolute Gasteiger partial charge is 0.321 e. The van der Waals surface area contributed by atoms with Crippen molar-refractivity contribution in [3.05, 3.63) is 96.5 Å². The lowest BCUT2D eigenvalue weighted by Gasteiger charge is -2.21. The van der Waals surface area contributed by atoms with Gasteiger partial charge in [-0.3, -0.25) is 9.59 Å². The first-order chi connectivity index (χ1) is 24.9. The number of Topliss-reactive ketones (excluding diaryl/α,β-unsaturated/α-hetero) is 1. The van der Waals surface area contributed by atoms with Gasteiger partial charge in [0.2, 0.25) is 0 Å². The second-order valence-corrected chi connectivity index (χ2v) is 14.4. The minimum Gasteiger partial charge on any atom is -0.468 e. The minimum absolute atomic E-state index is 0.0217. The summed E-state index contributed by atoms with van der Waals surface area (Å²) >= 11 is 0. The van der Waals surface area contributed by atoms with Crippen LogP contribution in [0.2, 0.25) is 0 Å². The normalized spacial score (nSPS) is 23.7. The summed E-state index contributed by atoms with van der Waals surface area (Å²) in [6, 6.07) is 0. The van der Waals surface area contributed by atoms with Crippen LogP contribution in [-0.2, 0) is 20.7 Å². The molecular formula is C42H52N4O6. The third-order valence-electron chi connectivity index (χ3n) is 11.2. The number of nitrogens with one attached hydrogen (secondary N) is 4. The molecule has 3 aromatic rings. The average molecular weight is 709 g/mol. The molecule has 1 unspecified atom stereocenters. The first-order valence-electron chi connectivity index (χ1n) is 18.3. The second-order valence-electron chi connectivity index (χ2n) is 14.4. The van der Waals surface area contributed by atoms with E-state index in [4.69, 9.17) is 9.47 Å². The number of ether oxygens (including phenoxy) is 2. The van der Waals surface area contributed by atoms with Gasteiger partial charge >= 0.3 is 5.97 Å². The Morgan fingerprint density at radius 2 is 1.77 bits per heavy atom. The molecule has 6 N–H and O–H groups in total. The summed E-state index contributed by atoms with van der Waals surface area (Å²) in [6.07, 6.45) is 12.4. The maximum Gasteiger partial charge on any atom is 0.321 e. The highest BCUT2D eigenvalue weighted by Crippen LogP contribution is 2.48. The van der Waals surface area contributed by atoms with Crippen molar-refractivity contribution in [2.45, 2.75) is 79.9 Å². The molecular weight excluding hydrogens is 656 g/mol. The van der Waals surface area contributed by atoms with Gasteiger partial charge < -0.3 is 40.0 Å². The van der Waals surface area contributed by atoms with Gasteiger partial charge in [-0.15, -0.1) is 0 Å². The van der Waals surface area contributed by atoms with E-state index in [0.717, 1.165) is 79.8 Å². The maximum atomic E-state index is 14.3. The number of aromatic amines is 3. The molecule has 2 aliphatic heterocycles. The number of esters is 1. The van der Waals surface area contributed by atoms with E-state index >= 15 is 0 Å². The Bertz CT molecular complexity index is 2140. The van der Waals surface area contributed by atoms with E-state index in [1.54, 1.807) is 0 Å². The van der Waals surface area contributed by atoms with E-state index in [2.05, 4.69) is 66.7 Å². The third-order valence-corrected chi connectivity index (χ3v) is 11.2. The molecule has 6 rings (SSSR count). The first kappa shape index (κ1) is 37.1. The van der Waals surface area contributed by atoms with E-state index in [1.807, 2.05) is 32.1 Å². The molecule has 276 valence electrons. The van der Waals surface area contributed by atoms with Crippen molar-refractivity contribution in [1.82, 2.24) is 20.3 Å². The highest BCUT2D eigenvalue weighted by Gasteiger charge is 2.48. The van der Waals surface area contributed by atoms with Crippen LogP contribution in [0.5, 0.6) is 0 Å². The molecule has 1 saturated heterocycles. The van der Waals surface area contributed by atoms with Crippen molar-refractivity contribution in [2.75, 3.05) is 20.3 Å². The Kier molecular flexibility index (Phi) is 10.8. The van der Waals surface area contributed by atoms with Gasteiger partial charge in [0.1, 0.15) is 5.92 Å². The monoisotopic (exact) mass is 708 g/mol. The van der Waals surface area contributed by atoms with Crippen molar-refractivity contribution in [1.29, 1.82) is 0 Å². The van der Waals surface area contributed by atoms with Crippen molar-refractivity contribution in [3.8, 4) is 0 Å². The molecule has 0 aromatic carbocycles. The summed E-state index contributed by atoms with van der Waals surface area (Å²) in [5.74, 6) is -2.32. The van der Waals surface area contributed by atoms with Crippen molar-refractivity contribution in [2.24, 2.45) is 17.8 Å². The van der Waals surface area contributed by atoms with Crippen LogP contribution in [0.4, 0.5) is 0 Å². The summed E-state index contributed by atoms with van der Waals surface area (Å²) < 4.78 is 11.0. The Labute approximate surface area is 305 Å². The zero-order chi connectivity index (χ0) is 37.4. The van der Waals surface area contributed by atoms with Crippen LogP contribution in [0, 0.1) is 38.5 Å². The molecule has 8 bridgehead atoms. The van der Waals surface area contributed by atoms with Gasteiger partial charge in [-0.2, -0.15) is 0 Å². The zero-order valence-electron chi connectivity index (χ0n) is 31.4. The molecule has 0 radical (unpaired) electrons. The molecule has 10 heteroatoms. The molecule has 5 heterocycles. The number of aliphatic hydroxyl groups is 2. The number of rotatable bonds is 12. The van der Waals surface area contributed by atoms with Crippen molar-refractivity contribution < 1.29 is 29.3 Å². The van der Waals surface area contributed by atoms with E-state index in [0.29, 0.717) is 42.7 Å². The Morgan fingerprint density at radius 1 is 1.04 bits per heavy atom. The number of aromatic nitrogens is 3. The number of carbonyl (C=O) groups excluding carboxylic acids is 2. The minimum atomic E-state index is -1.15. The van der Waals surface area contributed by atoms with Crippen molar-refractivity contribution in [3.63, 3.8) is 0 Å². The lowest BCUT2D eigenvalue weighted by molar-refractivity contribution is -0.141. The molecule has 3 aliphatic rings. The Hall–Kier alpha value is -4.64. The maximum absolute atomic E-state index is 14.3. The fourth-order valence-corrected chi connectivity index (χ4v) is 8.18. The van der Waals surface area contributed by atoms with Gasteiger partial charge in [-0.05, 0) is 93.9 Å².